The summed E-state index contributed by atoms with van der Waals surface area (Å²) < 4.78 is 16.8. The van der Waals surface area contributed by atoms with Crippen LogP contribution in [0.1, 0.15) is 68.9 Å². The van der Waals surface area contributed by atoms with E-state index >= 15 is 4.39 Å². The van der Waals surface area contributed by atoms with Crippen LogP contribution in [-0.2, 0) is 4.79 Å². The van der Waals surface area contributed by atoms with Crippen molar-refractivity contribution in [3.8, 4) is 11.1 Å². The lowest BCUT2D eigenvalue weighted by molar-refractivity contribution is -0.119. The zero-order chi connectivity index (χ0) is 25.6. The molecule has 0 radical (unpaired) electrons. The van der Waals surface area contributed by atoms with Crippen LogP contribution >= 0.6 is 0 Å². The highest BCUT2D eigenvalue weighted by Crippen LogP contribution is 2.51. The number of hydrogen-bond donors (Lipinski definition) is 3. The molecule has 5 rings (SSSR count). The summed E-state index contributed by atoms with van der Waals surface area (Å²) in [5.41, 5.74) is 3.43. The molecule has 1 atom stereocenters. The Morgan fingerprint density at radius 1 is 1.14 bits per heavy atom. The molecule has 2 heterocycles. The van der Waals surface area contributed by atoms with Crippen LogP contribution in [0, 0.1) is 37.4 Å². The lowest BCUT2D eigenvalue weighted by atomic mass is 9.88. The van der Waals surface area contributed by atoms with Crippen LogP contribution in [0.5, 0.6) is 0 Å². The first-order chi connectivity index (χ1) is 17.2. The van der Waals surface area contributed by atoms with Crippen molar-refractivity contribution in [1.82, 2.24) is 25.3 Å². The van der Waals surface area contributed by atoms with E-state index in [1.54, 1.807) is 29.1 Å². The number of nitrogens with one attached hydrogen (secondary N) is 3. The van der Waals surface area contributed by atoms with Crippen molar-refractivity contribution in [2.75, 3.05) is 5.32 Å². The molecule has 0 spiro atoms. The van der Waals surface area contributed by atoms with E-state index in [1.165, 1.54) is 6.07 Å². The molecule has 1 aromatic carbocycles. The smallest absolute Gasteiger partial charge is 0.270 e. The first-order valence-corrected chi connectivity index (χ1v) is 12.7. The maximum atomic E-state index is 15.1. The fraction of sp³-hybridized carbons (Fsp3) is 0.481. The summed E-state index contributed by atoms with van der Waals surface area (Å²) in [4.78, 5) is 26.9. The Kier molecular flexibility index (Phi) is 6.40. The van der Waals surface area contributed by atoms with Gasteiger partial charge in [0.15, 0.2) is 0 Å². The molecule has 0 bridgehead atoms. The zero-order valence-electron chi connectivity index (χ0n) is 21.1. The van der Waals surface area contributed by atoms with Crippen LogP contribution in [0.15, 0.2) is 30.5 Å². The third-order valence-electron chi connectivity index (χ3n) is 7.31. The van der Waals surface area contributed by atoms with Crippen LogP contribution in [-0.4, -0.2) is 37.8 Å². The summed E-state index contributed by atoms with van der Waals surface area (Å²) in [6.45, 7) is 7.58. The van der Waals surface area contributed by atoms with Crippen molar-refractivity contribution < 1.29 is 15.4 Å². The molecule has 2 saturated carbocycles. The number of carbonyl (C=O) groups is 2. The minimum Gasteiger partial charge on any atom is -0.339 e. The van der Waals surface area contributed by atoms with Crippen molar-refractivity contribution in [1.29, 1.82) is 0 Å². The quantitative estimate of drug-likeness (QED) is 0.388. The zero-order valence-corrected chi connectivity index (χ0v) is 21.1. The van der Waals surface area contributed by atoms with Gasteiger partial charge >= 0.3 is 0 Å². The van der Waals surface area contributed by atoms with E-state index < -0.39 is 11.9 Å². The second-order valence-electron chi connectivity index (χ2n) is 10.5. The maximum Gasteiger partial charge on any atom is 0.270 e. The molecule has 8 nitrogen and oxygen atoms in total. The summed E-state index contributed by atoms with van der Waals surface area (Å²) >= 11 is 0. The van der Waals surface area contributed by atoms with Gasteiger partial charge in [-0.15, -0.1) is 0 Å². The Bertz CT molecular complexity index is 1260. The summed E-state index contributed by atoms with van der Waals surface area (Å²) in [5, 5.41) is 17.2. The van der Waals surface area contributed by atoms with E-state index in [0.717, 1.165) is 36.9 Å². The van der Waals surface area contributed by atoms with E-state index in [9.17, 15) is 9.59 Å². The van der Waals surface area contributed by atoms with Crippen LogP contribution in [0.4, 0.5) is 10.1 Å². The predicted molar refractivity (Wildman–Crippen MR) is 137 cm³/mol. The van der Waals surface area contributed by atoms with E-state index in [4.69, 9.17) is 0 Å². The Labute approximate surface area is 211 Å². The Balaban J connectivity index is 0.00000320. The van der Waals surface area contributed by atoms with E-state index in [0.29, 0.717) is 34.5 Å². The number of carbonyl (C=O) groups excluding carboxylic acids is 2. The number of aryl methyl sites for hydroxylation is 2. The number of hydrogen-bond acceptors (Lipinski definition) is 4. The van der Waals surface area contributed by atoms with Gasteiger partial charge in [-0.2, -0.15) is 10.2 Å². The molecular formula is C27H35FN6O2. The SMILES string of the molecule is Cc1n[nH]c(C)c1-c1ccc(NC(=O)[C@@H](NC(=O)c2ccnn2C(C)C)C(C2CC2)C2CC2)cc1F.[HH]. The lowest BCUT2D eigenvalue weighted by Gasteiger charge is -2.28. The molecule has 0 aliphatic heterocycles. The Hall–Kier alpha value is -3.49. The van der Waals surface area contributed by atoms with Gasteiger partial charge in [0.1, 0.15) is 17.6 Å². The highest BCUT2D eigenvalue weighted by atomic mass is 19.1. The van der Waals surface area contributed by atoms with Crippen molar-refractivity contribution in [3.63, 3.8) is 0 Å². The second-order valence-corrected chi connectivity index (χ2v) is 10.5. The number of halogens is 1. The minimum atomic E-state index is -0.700. The number of amides is 2. The third-order valence-corrected chi connectivity index (χ3v) is 7.31. The predicted octanol–water partition coefficient (Wildman–Crippen LogP) is 5.03. The number of nitrogens with zero attached hydrogens (tertiary/aromatic N) is 3. The number of aromatic nitrogens is 4. The summed E-state index contributed by atoms with van der Waals surface area (Å²) in [5.74, 6) is -0.150. The molecule has 9 heteroatoms. The van der Waals surface area contributed by atoms with E-state index in [1.807, 2.05) is 27.7 Å². The normalized spacial score (nSPS) is 16.4. The van der Waals surface area contributed by atoms with Gasteiger partial charge < -0.3 is 10.6 Å². The van der Waals surface area contributed by atoms with Gasteiger partial charge in [-0.05, 0) is 95.4 Å². The molecule has 2 aliphatic carbocycles. The monoisotopic (exact) mass is 494 g/mol. The number of H-pyrrole nitrogens is 1. The highest BCUT2D eigenvalue weighted by molar-refractivity contribution is 6.01. The van der Waals surface area contributed by atoms with Gasteiger partial charge in [-0.25, -0.2) is 4.39 Å². The largest absolute Gasteiger partial charge is 0.339 e. The molecular weight excluding hydrogens is 459 g/mol. The van der Waals surface area contributed by atoms with Gasteiger partial charge in [0.25, 0.3) is 5.91 Å². The van der Waals surface area contributed by atoms with Crippen molar-refractivity contribution in [2.24, 2.45) is 17.8 Å². The van der Waals surface area contributed by atoms with Crippen molar-refractivity contribution >= 4 is 17.5 Å². The number of aromatic amines is 1. The standard InChI is InChI=1S/C27H33FN6O2.H2/c1-14(2)34-22(11-12-29-34)26(35)31-25(24(17-5-6-17)18-7-8-18)27(36)30-19-9-10-20(21(28)13-19)23-15(3)32-33-16(23)4;/h9-14,17-18,24-25H,5-8H2,1-4H3,(H,30,36)(H,31,35)(H,32,33);1H/t25-;/m0./s1. The Morgan fingerprint density at radius 3 is 2.39 bits per heavy atom. The molecule has 192 valence electrons. The van der Waals surface area contributed by atoms with Gasteiger partial charge in [0, 0.05) is 36.2 Å². The molecule has 3 aromatic rings. The van der Waals surface area contributed by atoms with Gasteiger partial charge in [0.2, 0.25) is 5.91 Å². The van der Waals surface area contributed by atoms with E-state index in [2.05, 4.69) is 25.9 Å². The highest BCUT2D eigenvalue weighted by Gasteiger charge is 2.48. The minimum absolute atomic E-state index is 0. The van der Waals surface area contributed by atoms with Crippen LogP contribution < -0.4 is 10.6 Å². The fourth-order valence-corrected chi connectivity index (χ4v) is 5.31. The summed E-state index contributed by atoms with van der Waals surface area (Å²) in [6, 6.07) is 5.66. The first kappa shape index (κ1) is 24.2. The summed E-state index contributed by atoms with van der Waals surface area (Å²) in [6.07, 6.45) is 5.86. The number of benzene rings is 1. The molecule has 2 amide bonds. The van der Waals surface area contributed by atoms with Crippen molar-refractivity contribution in [2.45, 2.75) is 65.5 Å². The third kappa shape index (κ3) is 4.79. The molecule has 0 unspecified atom stereocenters. The molecule has 36 heavy (non-hydrogen) atoms. The molecule has 2 aromatic heterocycles. The van der Waals surface area contributed by atoms with Crippen molar-refractivity contribution in [3.05, 3.63) is 53.4 Å². The van der Waals surface area contributed by atoms with Crippen LogP contribution in [0.25, 0.3) is 11.1 Å². The van der Waals surface area contributed by atoms with Gasteiger partial charge in [-0.1, -0.05) is 0 Å². The first-order valence-electron chi connectivity index (χ1n) is 12.7. The molecule has 2 aliphatic rings. The van der Waals surface area contributed by atoms with Gasteiger partial charge in [-0.3, -0.25) is 19.4 Å². The molecule has 2 fully saturated rings. The molecule has 0 saturated heterocycles. The van der Waals surface area contributed by atoms with E-state index in [-0.39, 0.29) is 25.2 Å². The fourth-order valence-electron chi connectivity index (χ4n) is 5.31. The van der Waals surface area contributed by atoms with Gasteiger partial charge in [0.05, 0.1) is 5.69 Å². The summed E-state index contributed by atoms with van der Waals surface area (Å²) in [7, 11) is 0. The average molecular weight is 495 g/mol. The Morgan fingerprint density at radius 2 is 1.83 bits per heavy atom. The van der Waals surface area contributed by atoms with Crippen LogP contribution in [0.2, 0.25) is 0 Å². The van der Waals surface area contributed by atoms with Crippen LogP contribution in [0.3, 0.4) is 0 Å². The maximum absolute atomic E-state index is 15.1. The average Bonchev–Trinajstić information content (AvgIpc) is 3.76. The number of anilines is 1. The molecule has 3 N–H and O–H groups in total. The number of rotatable bonds is 9. The lowest BCUT2D eigenvalue weighted by Crippen LogP contribution is -2.50. The topological polar surface area (TPSA) is 105 Å². The second kappa shape index (κ2) is 9.52.